The molecule has 0 radical (unpaired) electrons. The van der Waals surface area contributed by atoms with Crippen LogP contribution in [0.1, 0.15) is 0 Å². The van der Waals surface area contributed by atoms with Crippen molar-refractivity contribution in [2.24, 2.45) is 0 Å². The third-order valence-electron chi connectivity index (χ3n) is 2.72. The number of likely N-dealkylation sites (N-methyl/N-ethyl adjacent to an activating group) is 1. The van der Waals surface area contributed by atoms with E-state index in [0.717, 1.165) is 4.47 Å². The van der Waals surface area contributed by atoms with E-state index in [1.54, 1.807) is 18.5 Å². The molecule has 1 heterocycles. The van der Waals surface area contributed by atoms with Crippen molar-refractivity contribution in [2.75, 3.05) is 20.2 Å². The summed E-state index contributed by atoms with van der Waals surface area (Å²) in [6.45, 7) is 0.573. The number of thiophene rings is 1. The molecule has 0 atom stereocenters. The van der Waals surface area contributed by atoms with Gasteiger partial charge in [0, 0.05) is 22.5 Å². The minimum atomic E-state index is -3.47. The summed E-state index contributed by atoms with van der Waals surface area (Å²) in [4.78, 5) is 0. The zero-order valence-electron chi connectivity index (χ0n) is 11.1. The molecule has 0 aliphatic rings. The van der Waals surface area contributed by atoms with E-state index in [1.807, 2.05) is 24.3 Å². The van der Waals surface area contributed by atoms with Crippen molar-refractivity contribution in [1.82, 2.24) is 4.31 Å². The maximum atomic E-state index is 12.3. The second-order valence-corrected chi connectivity index (χ2v) is 9.11. The minimum absolute atomic E-state index is 0.280. The average Bonchev–Trinajstić information content (AvgIpc) is 2.88. The van der Waals surface area contributed by atoms with E-state index in [9.17, 15) is 8.42 Å². The van der Waals surface area contributed by atoms with Gasteiger partial charge < -0.3 is 4.74 Å². The lowest BCUT2D eigenvalue weighted by molar-refractivity contribution is 0.287. The van der Waals surface area contributed by atoms with Gasteiger partial charge in [-0.05, 0) is 51.6 Å². The molecule has 0 unspecified atom stereocenters. The summed E-state index contributed by atoms with van der Waals surface area (Å²) in [5, 5.41) is 1.74. The highest BCUT2D eigenvalue weighted by Crippen LogP contribution is 2.29. The van der Waals surface area contributed by atoms with Crippen molar-refractivity contribution in [3.8, 4) is 5.75 Å². The van der Waals surface area contributed by atoms with Gasteiger partial charge in [-0.2, -0.15) is 4.31 Å². The number of nitrogens with zero attached hydrogens (tertiary/aromatic N) is 1. The van der Waals surface area contributed by atoms with Gasteiger partial charge >= 0.3 is 0 Å². The molecular formula is C13H13Br2NO3S2. The zero-order valence-corrected chi connectivity index (χ0v) is 15.9. The van der Waals surface area contributed by atoms with Crippen molar-refractivity contribution in [3.63, 3.8) is 0 Å². The largest absolute Gasteiger partial charge is 0.492 e. The molecule has 1 aromatic heterocycles. The van der Waals surface area contributed by atoms with Gasteiger partial charge in [-0.25, -0.2) is 8.42 Å². The van der Waals surface area contributed by atoms with Crippen molar-refractivity contribution in [3.05, 3.63) is 44.7 Å². The smallest absolute Gasteiger partial charge is 0.253 e. The molecular weight excluding hydrogens is 442 g/mol. The molecule has 1 aromatic carbocycles. The van der Waals surface area contributed by atoms with Gasteiger partial charge in [0.1, 0.15) is 16.6 Å². The van der Waals surface area contributed by atoms with Crippen LogP contribution in [0.3, 0.4) is 0 Å². The molecule has 4 nitrogen and oxygen atoms in total. The molecule has 0 N–H and O–H groups in total. The molecule has 114 valence electrons. The summed E-state index contributed by atoms with van der Waals surface area (Å²) in [5.41, 5.74) is 0. The summed E-state index contributed by atoms with van der Waals surface area (Å²) < 4.78 is 33.4. The van der Waals surface area contributed by atoms with Crippen LogP contribution in [0.2, 0.25) is 0 Å². The fraction of sp³-hybridized carbons (Fsp3) is 0.231. The molecule has 0 bridgehead atoms. The highest BCUT2D eigenvalue weighted by molar-refractivity contribution is 9.10. The predicted molar refractivity (Wildman–Crippen MR) is 91.5 cm³/mol. The average molecular weight is 455 g/mol. The first kappa shape index (κ1) is 17.0. The van der Waals surface area contributed by atoms with Crippen LogP contribution in [-0.4, -0.2) is 32.9 Å². The predicted octanol–water partition coefficient (Wildman–Crippen LogP) is 3.97. The number of hydrogen-bond acceptors (Lipinski definition) is 4. The van der Waals surface area contributed by atoms with E-state index >= 15 is 0 Å². The van der Waals surface area contributed by atoms with E-state index in [4.69, 9.17) is 4.74 Å². The standard InChI is InChI=1S/C13H13Br2NO3S2/c1-16(21(17,18)13-12(15)6-9-20-13)7-8-19-11-4-2-10(14)3-5-11/h2-6,9H,7-8H2,1H3. The lowest BCUT2D eigenvalue weighted by Crippen LogP contribution is -2.30. The molecule has 0 amide bonds. The SMILES string of the molecule is CN(CCOc1ccc(Br)cc1)S(=O)(=O)c1sccc1Br. The third-order valence-corrected chi connectivity index (χ3v) is 7.75. The Morgan fingerprint density at radius 1 is 1.19 bits per heavy atom. The Hall–Kier alpha value is -0.410. The van der Waals surface area contributed by atoms with E-state index in [2.05, 4.69) is 31.9 Å². The Morgan fingerprint density at radius 3 is 2.43 bits per heavy atom. The maximum Gasteiger partial charge on any atom is 0.253 e. The lowest BCUT2D eigenvalue weighted by Gasteiger charge is -2.16. The highest BCUT2D eigenvalue weighted by Gasteiger charge is 2.24. The van der Waals surface area contributed by atoms with E-state index in [0.29, 0.717) is 21.0 Å². The first-order valence-corrected chi connectivity index (χ1v) is 9.89. The topological polar surface area (TPSA) is 46.6 Å². The highest BCUT2D eigenvalue weighted by atomic mass is 79.9. The molecule has 0 saturated heterocycles. The third kappa shape index (κ3) is 4.29. The zero-order chi connectivity index (χ0) is 15.5. The Labute approximate surface area is 145 Å². The molecule has 0 fully saturated rings. The maximum absolute atomic E-state index is 12.3. The van der Waals surface area contributed by atoms with Gasteiger partial charge in [0.25, 0.3) is 10.0 Å². The first-order valence-electron chi connectivity index (χ1n) is 5.99. The Bertz CT molecular complexity index is 698. The number of rotatable bonds is 6. The quantitative estimate of drug-likeness (QED) is 0.663. The summed E-state index contributed by atoms with van der Waals surface area (Å²) in [5.74, 6) is 0.710. The van der Waals surface area contributed by atoms with Gasteiger partial charge in [-0.1, -0.05) is 15.9 Å². The molecule has 2 rings (SSSR count). The van der Waals surface area contributed by atoms with Gasteiger partial charge in [0.2, 0.25) is 0 Å². The molecule has 0 spiro atoms. The number of benzene rings is 1. The Kier molecular flexibility index (Phi) is 5.84. The van der Waals surface area contributed by atoms with Crippen molar-refractivity contribution >= 4 is 53.2 Å². The second-order valence-electron chi connectivity index (χ2n) is 4.18. The summed E-state index contributed by atoms with van der Waals surface area (Å²) >= 11 is 7.79. The van der Waals surface area contributed by atoms with Crippen LogP contribution < -0.4 is 4.74 Å². The number of halogens is 2. The fourth-order valence-electron chi connectivity index (χ4n) is 1.55. The van der Waals surface area contributed by atoms with Gasteiger partial charge in [-0.3, -0.25) is 0 Å². The molecule has 0 aliphatic heterocycles. The molecule has 8 heteroatoms. The van der Waals surface area contributed by atoms with Gasteiger partial charge in [0.15, 0.2) is 0 Å². The van der Waals surface area contributed by atoms with E-state index < -0.39 is 10.0 Å². The van der Waals surface area contributed by atoms with Crippen LogP contribution in [0.15, 0.2) is 48.9 Å². The van der Waals surface area contributed by atoms with Crippen molar-refractivity contribution < 1.29 is 13.2 Å². The van der Waals surface area contributed by atoms with Crippen LogP contribution >= 0.6 is 43.2 Å². The van der Waals surface area contributed by atoms with E-state index in [1.165, 1.54) is 15.6 Å². The van der Waals surface area contributed by atoms with Crippen LogP contribution in [-0.2, 0) is 10.0 Å². The van der Waals surface area contributed by atoms with Gasteiger partial charge in [0.05, 0.1) is 0 Å². The Balaban J connectivity index is 1.94. The molecule has 21 heavy (non-hydrogen) atoms. The number of hydrogen-bond donors (Lipinski definition) is 0. The number of sulfonamides is 1. The molecule has 0 saturated carbocycles. The summed E-state index contributed by atoms with van der Waals surface area (Å²) in [6.07, 6.45) is 0. The van der Waals surface area contributed by atoms with Gasteiger partial charge in [-0.15, -0.1) is 11.3 Å². The Morgan fingerprint density at radius 2 is 1.86 bits per heavy atom. The van der Waals surface area contributed by atoms with Crippen LogP contribution in [0.4, 0.5) is 0 Å². The fourth-order valence-corrected chi connectivity index (χ4v) is 5.47. The number of ether oxygens (including phenoxy) is 1. The lowest BCUT2D eigenvalue weighted by atomic mass is 10.3. The summed E-state index contributed by atoms with van der Waals surface area (Å²) in [7, 11) is -1.92. The summed E-state index contributed by atoms with van der Waals surface area (Å²) in [6, 6.07) is 9.13. The van der Waals surface area contributed by atoms with Crippen molar-refractivity contribution in [2.45, 2.75) is 4.21 Å². The van der Waals surface area contributed by atoms with Crippen LogP contribution in [0, 0.1) is 0 Å². The normalized spacial score (nSPS) is 11.8. The first-order chi connectivity index (χ1) is 9.91. The molecule has 2 aromatic rings. The minimum Gasteiger partial charge on any atom is -0.492 e. The van der Waals surface area contributed by atoms with Crippen LogP contribution in [0.25, 0.3) is 0 Å². The second kappa shape index (κ2) is 7.23. The van der Waals surface area contributed by atoms with Crippen LogP contribution in [0.5, 0.6) is 5.75 Å². The monoisotopic (exact) mass is 453 g/mol. The molecule has 0 aliphatic carbocycles. The van der Waals surface area contributed by atoms with Crippen molar-refractivity contribution in [1.29, 1.82) is 0 Å². The van der Waals surface area contributed by atoms with E-state index in [-0.39, 0.29) is 6.54 Å².